The normalized spacial score (nSPS) is 16.1. The van der Waals surface area contributed by atoms with E-state index < -0.39 is 0 Å². The average Bonchev–Trinajstić information content (AvgIpc) is 3.11. The third-order valence-electron chi connectivity index (χ3n) is 4.68. The molecule has 0 unspecified atom stereocenters. The zero-order valence-corrected chi connectivity index (χ0v) is 18.8. The first kappa shape index (κ1) is 21.7. The van der Waals surface area contributed by atoms with Gasteiger partial charge in [0.05, 0.1) is 29.5 Å². The van der Waals surface area contributed by atoms with E-state index in [9.17, 15) is 4.79 Å². The van der Waals surface area contributed by atoms with E-state index in [2.05, 4.69) is 0 Å². The van der Waals surface area contributed by atoms with Crippen LogP contribution >= 0.6 is 11.8 Å². The maximum atomic E-state index is 13.4. The zero-order chi connectivity index (χ0) is 22.3. The van der Waals surface area contributed by atoms with E-state index in [1.807, 2.05) is 98.8 Å². The molecule has 0 bridgehead atoms. The van der Waals surface area contributed by atoms with E-state index in [0.29, 0.717) is 29.0 Å². The average molecular weight is 445 g/mol. The molecule has 32 heavy (non-hydrogen) atoms. The molecular formula is C26H24N2O3S. The van der Waals surface area contributed by atoms with Gasteiger partial charge in [-0.15, -0.1) is 0 Å². The van der Waals surface area contributed by atoms with Gasteiger partial charge in [0, 0.05) is 11.6 Å². The number of ether oxygens (including phenoxy) is 2. The number of carbonyl (C=O) groups excluding carboxylic acids is 1. The molecule has 3 aromatic carbocycles. The summed E-state index contributed by atoms with van der Waals surface area (Å²) in [6.45, 7) is 4.97. The molecule has 0 N–H and O–H groups in total. The molecule has 0 aliphatic carbocycles. The molecule has 1 fully saturated rings. The van der Waals surface area contributed by atoms with Gasteiger partial charge < -0.3 is 9.47 Å². The Kier molecular flexibility index (Phi) is 6.92. The summed E-state index contributed by atoms with van der Waals surface area (Å²) in [7, 11) is 0. The van der Waals surface area contributed by atoms with Crippen LogP contribution in [0.1, 0.15) is 19.4 Å². The fourth-order valence-electron chi connectivity index (χ4n) is 3.28. The predicted molar refractivity (Wildman–Crippen MR) is 132 cm³/mol. The van der Waals surface area contributed by atoms with Crippen molar-refractivity contribution in [3.63, 3.8) is 0 Å². The van der Waals surface area contributed by atoms with Crippen molar-refractivity contribution in [1.29, 1.82) is 0 Å². The predicted octanol–water partition coefficient (Wildman–Crippen LogP) is 6.29. The number of hydrogen-bond acceptors (Lipinski definition) is 5. The fourth-order valence-corrected chi connectivity index (χ4v) is 4.27. The van der Waals surface area contributed by atoms with Crippen LogP contribution in [-0.2, 0) is 4.79 Å². The lowest BCUT2D eigenvalue weighted by Gasteiger charge is -2.15. The van der Waals surface area contributed by atoms with Crippen LogP contribution < -0.4 is 14.4 Å². The number of anilines is 1. The van der Waals surface area contributed by atoms with Crippen molar-refractivity contribution in [2.75, 3.05) is 18.1 Å². The molecular weight excluding hydrogens is 420 g/mol. The molecule has 0 spiro atoms. The van der Waals surface area contributed by atoms with E-state index in [-0.39, 0.29) is 5.91 Å². The lowest BCUT2D eigenvalue weighted by atomic mass is 10.1. The molecule has 162 valence electrons. The Hall–Kier alpha value is -3.51. The molecule has 4 rings (SSSR count). The van der Waals surface area contributed by atoms with Gasteiger partial charge in [-0.1, -0.05) is 36.4 Å². The van der Waals surface area contributed by atoms with Gasteiger partial charge in [0.1, 0.15) is 11.5 Å². The van der Waals surface area contributed by atoms with Crippen molar-refractivity contribution in [2.45, 2.75) is 13.8 Å². The minimum absolute atomic E-state index is 0.118. The summed E-state index contributed by atoms with van der Waals surface area (Å²) >= 11 is 1.35. The number of rotatable bonds is 7. The maximum Gasteiger partial charge on any atom is 0.271 e. The van der Waals surface area contributed by atoms with Gasteiger partial charge in [0.15, 0.2) is 5.17 Å². The van der Waals surface area contributed by atoms with E-state index in [0.717, 1.165) is 22.7 Å². The maximum absolute atomic E-state index is 13.4. The highest BCUT2D eigenvalue weighted by Crippen LogP contribution is 2.38. The van der Waals surface area contributed by atoms with E-state index in [4.69, 9.17) is 14.5 Å². The van der Waals surface area contributed by atoms with Crippen LogP contribution in [0.4, 0.5) is 11.4 Å². The summed E-state index contributed by atoms with van der Waals surface area (Å²) in [4.78, 5) is 20.4. The molecule has 0 saturated carbocycles. The van der Waals surface area contributed by atoms with Gasteiger partial charge in [-0.2, -0.15) is 0 Å². The molecule has 0 radical (unpaired) electrons. The molecule has 0 atom stereocenters. The first-order chi connectivity index (χ1) is 15.7. The Morgan fingerprint density at radius 3 is 2.28 bits per heavy atom. The smallest absolute Gasteiger partial charge is 0.271 e. The van der Waals surface area contributed by atoms with Gasteiger partial charge >= 0.3 is 0 Å². The quantitative estimate of drug-likeness (QED) is 0.402. The molecule has 3 aromatic rings. The molecule has 5 nitrogen and oxygen atoms in total. The highest BCUT2D eigenvalue weighted by Gasteiger charge is 2.34. The van der Waals surface area contributed by atoms with E-state index >= 15 is 0 Å². The SMILES string of the molecule is CCOc1ccc(/C=C2\SC(=Nc3ccccc3)N(c3ccccc3)C2=O)c(OCC)c1. The Morgan fingerprint density at radius 1 is 0.906 bits per heavy atom. The van der Waals surface area contributed by atoms with Crippen molar-refractivity contribution in [3.8, 4) is 11.5 Å². The Labute approximate surface area is 192 Å². The number of nitrogens with zero attached hydrogens (tertiary/aromatic N) is 2. The lowest BCUT2D eigenvalue weighted by molar-refractivity contribution is -0.113. The third-order valence-corrected chi connectivity index (χ3v) is 5.65. The second-order valence-electron chi connectivity index (χ2n) is 6.88. The van der Waals surface area contributed by atoms with Crippen molar-refractivity contribution < 1.29 is 14.3 Å². The first-order valence-corrected chi connectivity index (χ1v) is 11.3. The Balaban J connectivity index is 1.75. The van der Waals surface area contributed by atoms with Crippen LogP contribution in [0.3, 0.4) is 0 Å². The van der Waals surface area contributed by atoms with Crippen LogP contribution in [0.15, 0.2) is 88.8 Å². The van der Waals surface area contributed by atoms with Gasteiger partial charge in [0.25, 0.3) is 5.91 Å². The summed E-state index contributed by atoms with van der Waals surface area (Å²) in [5.41, 5.74) is 2.39. The zero-order valence-electron chi connectivity index (χ0n) is 18.0. The molecule has 1 amide bonds. The largest absolute Gasteiger partial charge is 0.494 e. The van der Waals surface area contributed by atoms with Crippen LogP contribution in [0, 0.1) is 0 Å². The standard InChI is InChI=1S/C26H24N2O3S/c1-3-30-22-16-15-19(23(18-22)31-4-2)17-24-25(29)28(21-13-9-6-10-14-21)26(32-24)27-20-11-7-5-8-12-20/h5-18H,3-4H2,1-2H3/b24-17-,27-26?. The van der Waals surface area contributed by atoms with E-state index in [1.165, 1.54) is 11.8 Å². The minimum Gasteiger partial charge on any atom is -0.494 e. The third kappa shape index (κ3) is 4.86. The Morgan fingerprint density at radius 2 is 1.59 bits per heavy atom. The molecule has 1 heterocycles. The summed E-state index contributed by atoms with van der Waals surface area (Å²) in [5.74, 6) is 1.30. The number of benzene rings is 3. The van der Waals surface area contributed by atoms with Crippen molar-refractivity contribution in [2.24, 2.45) is 4.99 Å². The van der Waals surface area contributed by atoms with Gasteiger partial charge in [0.2, 0.25) is 0 Å². The Bertz CT molecular complexity index is 1140. The monoisotopic (exact) mass is 444 g/mol. The highest BCUT2D eigenvalue weighted by atomic mass is 32.2. The first-order valence-electron chi connectivity index (χ1n) is 10.5. The number of para-hydroxylation sites is 2. The number of amides is 1. The van der Waals surface area contributed by atoms with Gasteiger partial charge in [-0.3, -0.25) is 9.69 Å². The fraction of sp³-hybridized carbons (Fsp3) is 0.154. The van der Waals surface area contributed by atoms with Crippen LogP contribution in [0.2, 0.25) is 0 Å². The molecule has 1 saturated heterocycles. The number of thioether (sulfide) groups is 1. The van der Waals surface area contributed by atoms with Crippen LogP contribution in [0.25, 0.3) is 6.08 Å². The van der Waals surface area contributed by atoms with Crippen molar-refractivity contribution in [1.82, 2.24) is 0 Å². The molecule has 0 aromatic heterocycles. The summed E-state index contributed by atoms with van der Waals surface area (Å²) < 4.78 is 11.4. The summed E-state index contributed by atoms with van der Waals surface area (Å²) in [6, 6.07) is 24.9. The van der Waals surface area contributed by atoms with Gasteiger partial charge in [-0.05, 0) is 68.1 Å². The minimum atomic E-state index is -0.118. The molecule has 1 aliphatic rings. The number of amidine groups is 1. The van der Waals surface area contributed by atoms with Gasteiger partial charge in [-0.25, -0.2) is 4.99 Å². The van der Waals surface area contributed by atoms with Crippen molar-refractivity contribution >= 4 is 40.3 Å². The molecule has 6 heteroatoms. The van der Waals surface area contributed by atoms with E-state index in [1.54, 1.807) is 4.90 Å². The van der Waals surface area contributed by atoms with Crippen molar-refractivity contribution in [3.05, 3.63) is 89.3 Å². The number of aliphatic imine (C=N–C) groups is 1. The van der Waals surface area contributed by atoms with Crippen LogP contribution in [0.5, 0.6) is 11.5 Å². The second kappa shape index (κ2) is 10.2. The topological polar surface area (TPSA) is 51.1 Å². The summed E-state index contributed by atoms with van der Waals surface area (Å²) in [6.07, 6.45) is 1.86. The number of carbonyl (C=O) groups is 1. The lowest BCUT2D eigenvalue weighted by Crippen LogP contribution is -2.28. The number of hydrogen-bond donors (Lipinski definition) is 0. The summed E-state index contributed by atoms with van der Waals surface area (Å²) in [5, 5.41) is 0.613. The highest BCUT2D eigenvalue weighted by molar-refractivity contribution is 8.19. The molecule has 1 aliphatic heterocycles. The second-order valence-corrected chi connectivity index (χ2v) is 7.89. The van der Waals surface area contributed by atoms with Crippen LogP contribution in [-0.4, -0.2) is 24.3 Å².